The van der Waals surface area contributed by atoms with Crippen molar-refractivity contribution in [3.05, 3.63) is 29.3 Å². The third-order valence-corrected chi connectivity index (χ3v) is 2.80. The summed E-state index contributed by atoms with van der Waals surface area (Å²) >= 11 is 0. The molecule has 16 heavy (non-hydrogen) atoms. The van der Waals surface area contributed by atoms with Crippen LogP contribution in [0, 0.1) is 0 Å². The van der Waals surface area contributed by atoms with Crippen LogP contribution in [0.2, 0.25) is 0 Å². The molecule has 4 nitrogen and oxygen atoms in total. The fourth-order valence-corrected chi connectivity index (χ4v) is 1.99. The Labute approximate surface area is 95.2 Å². The Morgan fingerprint density at radius 3 is 3.19 bits per heavy atom. The second-order valence-corrected chi connectivity index (χ2v) is 4.02. The lowest BCUT2D eigenvalue weighted by Gasteiger charge is -2.09. The minimum absolute atomic E-state index is 0.260. The Balaban J connectivity index is 1.90. The number of nitrogens with two attached hydrogens (primary N) is 1. The monoisotopic (exact) mass is 219 g/mol. The summed E-state index contributed by atoms with van der Waals surface area (Å²) in [5.74, 6) is -0.260. The molecule has 1 heterocycles. The highest BCUT2D eigenvalue weighted by Gasteiger charge is 2.12. The summed E-state index contributed by atoms with van der Waals surface area (Å²) in [6.07, 6.45) is 1.49. The molecule has 1 amide bonds. The van der Waals surface area contributed by atoms with Gasteiger partial charge in [-0.2, -0.15) is 0 Å². The Morgan fingerprint density at radius 2 is 2.38 bits per heavy atom. The highest BCUT2D eigenvalue weighted by Crippen LogP contribution is 2.25. The predicted octanol–water partition coefficient (Wildman–Crippen LogP) is 0.620. The number of carbonyl (C=O) groups is 1. The first-order valence-electron chi connectivity index (χ1n) is 5.61. The van der Waals surface area contributed by atoms with Crippen LogP contribution >= 0.6 is 0 Å². The molecule has 0 aromatic heterocycles. The summed E-state index contributed by atoms with van der Waals surface area (Å²) in [7, 11) is 0. The largest absolute Gasteiger partial charge is 0.384 e. The molecule has 1 aliphatic heterocycles. The highest BCUT2D eigenvalue weighted by molar-refractivity contribution is 5.73. The molecule has 4 N–H and O–H groups in total. The summed E-state index contributed by atoms with van der Waals surface area (Å²) in [6, 6.07) is 6.34. The van der Waals surface area contributed by atoms with E-state index in [0.717, 1.165) is 19.5 Å². The molecular formula is C12H17N3O. The van der Waals surface area contributed by atoms with Crippen molar-refractivity contribution in [1.29, 1.82) is 0 Å². The molecule has 0 spiro atoms. The van der Waals surface area contributed by atoms with Crippen LogP contribution in [0.15, 0.2) is 18.2 Å². The van der Waals surface area contributed by atoms with E-state index in [4.69, 9.17) is 5.73 Å². The van der Waals surface area contributed by atoms with Crippen LogP contribution in [0.5, 0.6) is 0 Å². The van der Waals surface area contributed by atoms with Crippen molar-refractivity contribution in [3.63, 3.8) is 0 Å². The molecule has 0 saturated heterocycles. The van der Waals surface area contributed by atoms with Crippen molar-refractivity contribution in [2.45, 2.75) is 19.4 Å². The molecule has 0 bridgehead atoms. The maximum absolute atomic E-state index is 10.6. The third-order valence-electron chi connectivity index (χ3n) is 2.80. The minimum atomic E-state index is -0.260. The maximum atomic E-state index is 10.6. The van der Waals surface area contributed by atoms with E-state index in [1.807, 2.05) is 0 Å². The molecule has 4 heteroatoms. The summed E-state index contributed by atoms with van der Waals surface area (Å²) in [5.41, 5.74) is 8.98. The molecule has 0 atom stereocenters. The van der Waals surface area contributed by atoms with E-state index in [1.54, 1.807) is 0 Å². The van der Waals surface area contributed by atoms with E-state index in [0.29, 0.717) is 13.0 Å². The van der Waals surface area contributed by atoms with Crippen LogP contribution in [0.25, 0.3) is 0 Å². The molecule has 2 rings (SSSR count). The van der Waals surface area contributed by atoms with Crippen LogP contribution < -0.4 is 16.4 Å². The van der Waals surface area contributed by atoms with E-state index in [9.17, 15) is 4.79 Å². The van der Waals surface area contributed by atoms with Gasteiger partial charge in [0.1, 0.15) is 0 Å². The molecule has 1 aromatic carbocycles. The average molecular weight is 219 g/mol. The molecule has 0 unspecified atom stereocenters. The molecular weight excluding hydrogens is 202 g/mol. The molecule has 0 aliphatic carbocycles. The lowest BCUT2D eigenvalue weighted by molar-refractivity contribution is -0.117. The van der Waals surface area contributed by atoms with Crippen LogP contribution in [0.1, 0.15) is 17.5 Å². The smallest absolute Gasteiger partial charge is 0.218 e. The molecule has 1 aromatic rings. The van der Waals surface area contributed by atoms with Gasteiger partial charge >= 0.3 is 0 Å². The van der Waals surface area contributed by atoms with Crippen molar-refractivity contribution in [2.75, 3.05) is 18.4 Å². The summed E-state index contributed by atoms with van der Waals surface area (Å²) in [5, 5.41) is 6.61. The third kappa shape index (κ3) is 2.52. The van der Waals surface area contributed by atoms with Crippen molar-refractivity contribution in [2.24, 2.45) is 5.73 Å². The van der Waals surface area contributed by atoms with Gasteiger partial charge in [-0.1, -0.05) is 18.2 Å². The first-order chi connectivity index (χ1) is 7.77. The lowest BCUT2D eigenvalue weighted by Crippen LogP contribution is -2.21. The normalized spacial score (nSPS) is 13.2. The molecule has 0 fully saturated rings. The van der Waals surface area contributed by atoms with E-state index < -0.39 is 0 Å². The molecule has 0 saturated carbocycles. The predicted molar refractivity (Wildman–Crippen MR) is 64.2 cm³/mol. The Hall–Kier alpha value is -1.55. The van der Waals surface area contributed by atoms with Gasteiger partial charge in [-0.15, -0.1) is 0 Å². The number of benzene rings is 1. The highest BCUT2D eigenvalue weighted by atomic mass is 16.1. The Bertz CT molecular complexity index is 390. The van der Waals surface area contributed by atoms with Gasteiger partial charge in [0, 0.05) is 31.7 Å². The number of amides is 1. The van der Waals surface area contributed by atoms with Crippen LogP contribution in [0.3, 0.4) is 0 Å². The fourth-order valence-electron chi connectivity index (χ4n) is 1.99. The number of hydrogen-bond donors (Lipinski definition) is 3. The zero-order valence-electron chi connectivity index (χ0n) is 9.25. The van der Waals surface area contributed by atoms with Gasteiger partial charge in [-0.25, -0.2) is 0 Å². The van der Waals surface area contributed by atoms with Gasteiger partial charge in [0.15, 0.2) is 0 Å². The van der Waals surface area contributed by atoms with Crippen molar-refractivity contribution in [3.8, 4) is 0 Å². The van der Waals surface area contributed by atoms with Gasteiger partial charge in [-0.3, -0.25) is 4.79 Å². The fraction of sp³-hybridized carbons (Fsp3) is 0.417. The van der Waals surface area contributed by atoms with Gasteiger partial charge in [-0.05, 0) is 17.5 Å². The topological polar surface area (TPSA) is 67.2 Å². The number of para-hydroxylation sites is 1. The molecule has 0 radical (unpaired) electrons. The van der Waals surface area contributed by atoms with Crippen molar-refractivity contribution < 1.29 is 4.79 Å². The van der Waals surface area contributed by atoms with Crippen molar-refractivity contribution >= 4 is 11.6 Å². The number of nitrogens with one attached hydrogen (secondary N) is 2. The zero-order chi connectivity index (χ0) is 11.4. The second-order valence-electron chi connectivity index (χ2n) is 4.02. The van der Waals surface area contributed by atoms with Gasteiger partial charge in [0.2, 0.25) is 5.91 Å². The lowest BCUT2D eigenvalue weighted by atomic mass is 10.1. The number of carbonyl (C=O) groups excluding carboxylic acids is 1. The standard InChI is InChI=1S/C12H17N3O/c13-11(16)5-6-14-8-10-3-1-2-9-4-7-15-12(9)10/h1-3,14-15H,4-8H2,(H2,13,16). The first kappa shape index (κ1) is 11.0. The summed E-state index contributed by atoms with van der Waals surface area (Å²) in [6.45, 7) is 2.44. The Kier molecular flexibility index (Phi) is 3.41. The van der Waals surface area contributed by atoms with E-state index >= 15 is 0 Å². The van der Waals surface area contributed by atoms with Gasteiger partial charge in [0.05, 0.1) is 0 Å². The van der Waals surface area contributed by atoms with Crippen molar-refractivity contribution in [1.82, 2.24) is 5.32 Å². The van der Waals surface area contributed by atoms with E-state index in [2.05, 4.69) is 28.8 Å². The minimum Gasteiger partial charge on any atom is -0.384 e. The van der Waals surface area contributed by atoms with E-state index in [1.165, 1.54) is 16.8 Å². The molecule has 86 valence electrons. The van der Waals surface area contributed by atoms with E-state index in [-0.39, 0.29) is 5.91 Å². The summed E-state index contributed by atoms with van der Waals surface area (Å²) < 4.78 is 0. The Morgan fingerprint density at radius 1 is 1.50 bits per heavy atom. The number of rotatable bonds is 5. The van der Waals surface area contributed by atoms with Gasteiger partial charge in [0.25, 0.3) is 0 Å². The number of hydrogen-bond acceptors (Lipinski definition) is 3. The number of anilines is 1. The molecule has 1 aliphatic rings. The van der Waals surface area contributed by atoms with Crippen LogP contribution in [0.4, 0.5) is 5.69 Å². The van der Waals surface area contributed by atoms with Crippen LogP contribution in [-0.4, -0.2) is 19.0 Å². The average Bonchev–Trinajstić information content (AvgIpc) is 2.72. The maximum Gasteiger partial charge on any atom is 0.218 e. The second kappa shape index (κ2) is 4.99. The number of primary amides is 1. The van der Waals surface area contributed by atoms with Gasteiger partial charge < -0.3 is 16.4 Å². The van der Waals surface area contributed by atoms with Crippen LogP contribution in [-0.2, 0) is 17.8 Å². The number of fused-ring (bicyclic) bond motifs is 1. The quantitative estimate of drug-likeness (QED) is 0.636. The summed E-state index contributed by atoms with van der Waals surface area (Å²) in [4.78, 5) is 10.6. The SMILES string of the molecule is NC(=O)CCNCc1cccc2c1NCC2. The first-order valence-corrected chi connectivity index (χ1v) is 5.61. The zero-order valence-corrected chi connectivity index (χ0v) is 9.25.